The molecule has 0 radical (unpaired) electrons. The second-order valence-electron chi connectivity index (χ2n) is 11.6. The number of hydrogen-bond acceptors (Lipinski definition) is 2. The molecule has 3 rings (SSSR count). The van der Waals surface area contributed by atoms with Crippen molar-refractivity contribution < 1.29 is 9.53 Å². The van der Waals surface area contributed by atoms with Gasteiger partial charge in [-0.05, 0) is 54.3 Å². The van der Waals surface area contributed by atoms with Crippen LogP contribution in [-0.2, 0) is 9.53 Å². The first-order valence-electron chi connectivity index (χ1n) is 10.7. The van der Waals surface area contributed by atoms with Crippen molar-refractivity contribution in [2.45, 2.75) is 93.1 Å². The first kappa shape index (κ1) is 19.2. The summed E-state index contributed by atoms with van der Waals surface area (Å²) >= 11 is 0. The molecule has 2 heteroatoms. The fourth-order valence-electron chi connectivity index (χ4n) is 6.11. The van der Waals surface area contributed by atoms with Gasteiger partial charge in [0.25, 0.3) is 0 Å². The van der Waals surface area contributed by atoms with Gasteiger partial charge in [0.1, 0.15) is 6.10 Å². The molecule has 3 fully saturated rings. The topological polar surface area (TPSA) is 26.3 Å². The van der Waals surface area contributed by atoms with E-state index in [0.29, 0.717) is 29.1 Å². The molecule has 0 aromatic rings. The molecule has 1 saturated heterocycles. The summed E-state index contributed by atoms with van der Waals surface area (Å²) in [4.78, 5) is 13.0. The van der Waals surface area contributed by atoms with Crippen LogP contribution in [0.3, 0.4) is 0 Å². The van der Waals surface area contributed by atoms with Gasteiger partial charge in [-0.2, -0.15) is 0 Å². The molecule has 0 spiro atoms. The summed E-state index contributed by atoms with van der Waals surface area (Å²) in [5, 5.41) is 0. The highest BCUT2D eigenvalue weighted by molar-refractivity contribution is 5.76. The molecule has 2 aliphatic carbocycles. The predicted octanol–water partition coefficient (Wildman–Crippen LogP) is 6.09. The standard InChI is InChI=1S/C23H40O2/c1-14-9-8-10-15(11-14)19-17-12-16(22(2,3)4)13-18(23(5,6)7)20(17)25-21(19)24/h14-20H,8-13H2,1-7H3. The summed E-state index contributed by atoms with van der Waals surface area (Å²) in [6, 6.07) is 0. The molecule has 144 valence electrons. The van der Waals surface area contributed by atoms with E-state index in [9.17, 15) is 4.79 Å². The molecule has 0 amide bonds. The fraction of sp³-hybridized carbons (Fsp3) is 0.957. The Hall–Kier alpha value is -0.530. The third-order valence-corrected chi connectivity index (χ3v) is 7.72. The Labute approximate surface area is 155 Å². The van der Waals surface area contributed by atoms with E-state index in [4.69, 9.17) is 4.74 Å². The lowest BCUT2D eigenvalue weighted by Gasteiger charge is -2.48. The van der Waals surface area contributed by atoms with Crippen LogP contribution < -0.4 is 0 Å². The van der Waals surface area contributed by atoms with Gasteiger partial charge in [0.2, 0.25) is 0 Å². The normalized spacial score (nSPS) is 42.8. The van der Waals surface area contributed by atoms with Crippen LogP contribution in [0.4, 0.5) is 0 Å². The van der Waals surface area contributed by atoms with Crippen LogP contribution >= 0.6 is 0 Å². The number of carbonyl (C=O) groups is 1. The molecular weight excluding hydrogens is 308 g/mol. The summed E-state index contributed by atoms with van der Waals surface area (Å²) in [6.07, 6.45) is 7.63. The van der Waals surface area contributed by atoms with Gasteiger partial charge < -0.3 is 4.74 Å². The number of hydrogen-bond donors (Lipinski definition) is 0. The van der Waals surface area contributed by atoms with E-state index in [1.54, 1.807) is 0 Å². The Balaban J connectivity index is 1.89. The average Bonchev–Trinajstić information content (AvgIpc) is 2.79. The first-order chi connectivity index (χ1) is 11.5. The van der Waals surface area contributed by atoms with Crippen molar-refractivity contribution in [1.29, 1.82) is 0 Å². The highest BCUT2D eigenvalue weighted by atomic mass is 16.6. The number of rotatable bonds is 1. The maximum Gasteiger partial charge on any atom is 0.309 e. The molecule has 0 aromatic heterocycles. The monoisotopic (exact) mass is 348 g/mol. The van der Waals surface area contributed by atoms with Crippen LogP contribution in [0.15, 0.2) is 0 Å². The van der Waals surface area contributed by atoms with Crippen molar-refractivity contribution in [3.8, 4) is 0 Å². The summed E-state index contributed by atoms with van der Waals surface area (Å²) < 4.78 is 6.13. The minimum Gasteiger partial charge on any atom is -0.461 e. The van der Waals surface area contributed by atoms with Crippen molar-refractivity contribution >= 4 is 5.97 Å². The van der Waals surface area contributed by atoms with Crippen molar-refractivity contribution in [2.75, 3.05) is 0 Å². The van der Waals surface area contributed by atoms with E-state index in [1.165, 1.54) is 38.5 Å². The average molecular weight is 349 g/mol. The van der Waals surface area contributed by atoms with E-state index in [-0.39, 0.29) is 23.4 Å². The molecule has 1 heterocycles. The minimum atomic E-state index is 0.137. The van der Waals surface area contributed by atoms with E-state index < -0.39 is 0 Å². The molecule has 25 heavy (non-hydrogen) atoms. The number of esters is 1. The highest BCUT2D eigenvalue weighted by Crippen LogP contribution is 2.56. The minimum absolute atomic E-state index is 0.137. The van der Waals surface area contributed by atoms with Crippen LogP contribution in [0.25, 0.3) is 0 Å². The van der Waals surface area contributed by atoms with Crippen LogP contribution in [0, 0.1) is 46.3 Å². The van der Waals surface area contributed by atoms with Crippen LogP contribution in [0.2, 0.25) is 0 Å². The molecular formula is C23H40O2. The van der Waals surface area contributed by atoms with Gasteiger partial charge in [-0.15, -0.1) is 0 Å². The molecule has 3 aliphatic rings. The molecule has 7 unspecified atom stereocenters. The Bertz CT molecular complexity index is 495. The van der Waals surface area contributed by atoms with Gasteiger partial charge in [-0.3, -0.25) is 4.79 Å². The summed E-state index contributed by atoms with van der Waals surface area (Å²) in [5.74, 6) is 3.27. The fourth-order valence-corrected chi connectivity index (χ4v) is 6.11. The lowest BCUT2D eigenvalue weighted by atomic mass is 9.56. The van der Waals surface area contributed by atoms with Crippen molar-refractivity contribution in [2.24, 2.45) is 46.3 Å². The first-order valence-corrected chi connectivity index (χ1v) is 10.7. The second-order valence-corrected chi connectivity index (χ2v) is 11.6. The number of carbonyl (C=O) groups excluding carboxylic acids is 1. The zero-order valence-electron chi connectivity index (χ0n) is 17.6. The largest absolute Gasteiger partial charge is 0.461 e. The van der Waals surface area contributed by atoms with Crippen LogP contribution in [0.5, 0.6) is 0 Å². The Kier molecular flexibility index (Phi) is 5.06. The molecule has 1 aliphatic heterocycles. The molecule has 2 saturated carbocycles. The predicted molar refractivity (Wildman–Crippen MR) is 103 cm³/mol. The third kappa shape index (κ3) is 3.78. The summed E-state index contributed by atoms with van der Waals surface area (Å²) in [5.41, 5.74) is 0.506. The maximum atomic E-state index is 13.0. The van der Waals surface area contributed by atoms with Gasteiger partial charge in [0.15, 0.2) is 0 Å². The highest BCUT2D eigenvalue weighted by Gasteiger charge is 2.57. The molecule has 0 N–H and O–H groups in total. The molecule has 2 nitrogen and oxygen atoms in total. The van der Waals surface area contributed by atoms with Crippen molar-refractivity contribution in [3.63, 3.8) is 0 Å². The lowest BCUT2D eigenvalue weighted by molar-refractivity contribution is -0.150. The molecule has 0 aromatic carbocycles. The Morgan fingerprint density at radius 1 is 0.920 bits per heavy atom. The Morgan fingerprint density at radius 3 is 2.16 bits per heavy atom. The van der Waals surface area contributed by atoms with Crippen LogP contribution in [0.1, 0.15) is 87.0 Å². The second kappa shape index (κ2) is 6.57. The van der Waals surface area contributed by atoms with E-state index in [0.717, 1.165) is 5.92 Å². The van der Waals surface area contributed by atoms with E-state index >= 15 is 0 Å². The van der Waals surface area contributed by atoms with Gasteiger partial charge in [-0.25, -0.2) is 0 Å². The summed E-state index contributed by atoms with van der Waals surface area (Å²) in [7, 11) is 0. The van der Waals surface area contributed by atoms with Crippen LogP contribution in [-0.4, -0.2) is 12.1 Å². The smallest absolute Gasteiger partial charge is 0.309 e. The summed E-state index contributed by atoms with van der Waals surface area (Å²) in [6.45, 7) is 16.5. The van der Waals surface area contributed by atoms with Gasteiger partial charge in [0, 0.05) is 11.8 Å². The molecule has 0 bridgehead atoms. The van der Waals surface area contributed by atoms with E-state index in [2.05, 4.69) is 48.5 Å². The van der Waals surface area contributed by atoms with Gasteiger partial charge in [0.05, 0.1) is 5.92 Å². The van der Waals surface area contributed by atoms with Gasteiger partial charge in [-0.1, -0.05) is 61.3 Å². The molecule has 7 atom stereocenters. The zero-order chi connectivity index (χ0) is 18.6. The van der Waals surface area contributed by atoms with Gasteiger partial charge >= 0.3 is 5.97 Å². The SMILES string of the molecule is CC1CCCC(C2C(=O)OC3C2CC(C(C)(C)C)CC3C(C)(C)C)C1. The Morgan fingerprint density at radius 2 is 1.60 bits per heavy atom. The van der Waals surface area contributed by atoms with Crippen molar-refractivity contribution in [1.82, 2.24) is 0 Å². The lowest BCUT2D eigenvalue weighted by Crippen LogP contribution is -2.46. The zero-order valence-corrected chi connectivity index (χ0v) is 17.6. The van der Waals surface area contributed by atoms with E-state index in [1.807, 2.05) is 0 Å². The number of fused-ring (bicyclic) bond motifs is 1. The quantitative estimate of drug-likeness (QED) is 0.536. The third-order valence-electron chi connectivity index (χ3n) is 7.72. The number of ether oxygens (including phenoxy) is 1. The maximum absolute atomic E-state index is 13.0. The van der Waals surface area contributed by atoms with Crippen molar-refractivity contribution in [3.05, 3.63) is 0 Å².